The number of H-pyrrole nitrogens is 1. The van der Waals surface area contributed by atoms with Crippen molar-refractivity contribution < 1.29 is 8.42 Å². The molecule has 0 unspecified atom stereocenters. The first kappa shape index (κ1) is 12.8. The molecule has 0 aliphatic heterocycles. The summed E-state index contributed by atoms with van der Waals surface area (Å²) in [6, 6.07) is 7.91. The van der Waals surface area contributed by atoms with E-state index in [0.29, 0.717) is 5.52 Å². The molecule has 0 saturated carbocycles. The second-order valence-electron chi connectivity index (χ2n) is 3.86. The van der Waals surface area contributed by atoms with E-state index >= 15 is 0 Å². The standard InChI is InChI=1S/C11H8ClN5O2S/c12-9-8-10(14-6-13-8)16-11(15-9)17-20(18,19)7-4-2-1-3-5-7/h1-6H,(H2,13,14,15,16,17). The van der Waals surface area contributed by atoms with E-state index < -0.39 is 10.0 Å². The van der Waals surface area contributed by atoms with Crippen LogP contribution in [-0.4, -0.2) is 28.4 Å². The molecule has 0 bridgehead atoms. The normalized spacial score (nSPS) is 11.7. The van der Waals surface area contributed by atoms with Gasteiger partial charge in [-0.1, -0.05) is 29.8 Å². The Hall–Kier alpha value is -2.19. The van der Waals surface area contributed by atoms with Crippen LogP contribution in [-0.2, 0) is 10.0 Å². The Morgan fingerprint density at radius 2 is 1.90 bits per heavy atom. The molecule has 3 aromatic rings. The molecule has 0 aliphatic rings. The Kier molecular flexibility index (Phi) is 3.03. The zero-order valence-electron chi connectivity index (χ0n) is 9.91. The van der Waals surface area contributed by atoms with E-state index in [9.17, 15) is 8.42 Å². The van der Waals surface area contributed by atoms with Crippen molar-refractivity contribution in [2.45, 2.75) is 4.90 Å². The molecule has 0 spiro atoms. The molecule has 20 heavy (non-hydrogen) atoms. The van der Waals surface area contributed by atoms with Gasteiger partial charge in [0.1, 0.15) is 5.52 Å². The third-order valence-electron chi connectivity index (χ3n) is 2.52. The van der Waals surface area contributed by atoms with Gasteiger partial charge in [-0.2, -0.15) is 9.97 Å². The number of aromatic amines is 1. The van der Waals surface area contributed by atoms with E-state index in [1.54, 1.807) is 18.2 Å². The largest absolute Gasteiger partial charge is 0.341 e. The predicted octanol–water partition coefficient (Wildman–Crippen LogP) is 1.81. The lowest BCUT2D eigenvalue weighted by Crippen LogP contribution is -2.15. The molecule has 1 aromatic carbocycles. The number of aromatic nitrogens is 4. The summed E-state index contributed by atoms with van der Waals surface area (Å²) < 4.78 is 26.5. The van der Waals surface area contributed by atoms with E-state index in [-0.39, 0.29) is 21.6 Å². The maximum Gasteiger partial charge on any atom is 0.264 e. The number of imidazole rings is 1. The molecular weight excluding hydrogens is 302 g/mol. The number of anilines is 1. The summed E-state index contributed by atoms with van der Waals surface area (Å²) in [5.41, 5.74) is 0.741. The van der Waals surface area contributed by atoms with Crippen molar-refractivity contribution in [3.05, 3.63) is 41.8 Å². The third-order valence-corrected chi connectivity index (χ3v) is 4.14. The van der Waals surface area contributed by atoms with Crippen LogP contribution in [0.25, 0.3) is 11.2 Å². The van der Waals surface area contributed by atoms with E-state index in [1.165, 1.54) is 18.5 Å². The minimum atomic E-state index is -3.75. The lowest BCUT2D eigenvalue weighted by molar-refractivity contribution is 0.601. The maximum absolute atomic E-state index is 12.1. The minimum Gasteiger partial charge on any atom is -0.341 e. The fourth-order valence-electron chi connectivity index (χ4n) is 1.62. The number of nitrogens with zero attached hydrogens (tertiary/aromatic N) is 3. The van der Waals surface area contributed by atoms with Crippen LogP contribution in [0.15, 0.2) is 41.6 Å². The fourth-order valence-corrected chi connectivity index (χ4v) is 2.81. The van der Waals surface area contributed by atoms with Crippen molar-refractivity contribution in [3.63, 3.8) is 0 Å². The number of rotatable bonds is 3. The molecule has 0 atom stereocenters. The van der Waals surface area contributed by atoms with E-state index in [1.807, 2.05) is 0 Å². The fraction of sp³-hybridized carbons (Fsp3) is 0. The Labute approximate surface area is 119 Å². The van der Waals surface area contributed by atoms with Crippen molar-refractivity contribution in [1.82, 2.24) is 19.9 Å². The van der Waals surface area contributed by atoms with Crippen LogP contribution in [0.2, 0.25) is 5.15 Å². The van der Waals surface area contributed by atoms with Gasteiger partial charge in [0.25, 0.3) is 10.0 Å². The van der Waals surface area contributed by atoms with Crippen molar-refractivity contribution in [3.8, 4) is 0 Å². The topological polar surface area (TPSA) is 101 Å². The quantitative estimate of drug-likeness (QED) is 0.719. The van der Waals surface area contributed by atoms with Crippen molar-refractivity contribution in [1.29, 1.82) is 0 Å². The highest BCUT2D eigenvalue weighted by Crippen LogP contribution is 2.20. The zero-order valence-corrected chi connectivity index (χ0v) is 11.5. The van der Waals surface area contributed by atoms with Gasteiger partial charge in [-0.05, 0) is 12.1 Å². The molecule has 0 amide bonds. The van der Waals surface area contributed by atoms with E-state index in [4.69, 9.17) is 11.6 Å². The van der Waals surface area contributed by atoms with Gasteiger partial charge in [0.15, 0.2) is 10.8 Å². The number of hydrogen-bond donors (Lipinski definition) is 2. The Bertz CT molecular complexity index is 863. The molecular formula is C11H8ClN5O2S. The van der Waals surface area contributed by atoms with Gasteiger partial charge in [-0.3, -0.25) is 0 Å². The van der Waals surface area contributed by atoms with Crippen LogP contribution in [0, 0.1) is 0 Å². The first-order chi connectivity index (χ1) is 9.56. The van der Waals surface area contributed by atoms with Gasteiger partial charge in [-0.25, -0.2) is 18.1 Å². The number of nitrogens with one attached hydrogen (secondary N) is 2. The molecule has 0 aliphatic carbocycles. The summed E-state index contributed by atoms with van der Waals surface area (Å²) in [6.07, 6.45) is 1.40. The van der Waals surface area contributed by atoms with Gasteiger partial charge >= 0.3 is 0 Å². The van der Waals surface area contributed by atoms with Gasteiger partial charge in [0.2, 0.25) is 5.95 Å². The molecule has 0 saturated heterocycles. The number of benzene rings is 1. The molecule has 7 nitrogen and oxygen atoms in total. The average Bonchev–Trinajstić information content (AvgIpc) is 2.88. The molecule has 2 N–H and O–H groups in total. The van der Waals surface area contributed by atoms with Gasteiger partial charge in [0.05, 0.1) is 11.2 Å². The average molecular weight is 310 g/mol. The third kappa shape index (κ3) is 2.30. The molecule has 9 heteroatoms. The number of halogens is 1. The highest BCUT2D eigenvalue weighted by molar-refractivity contribution is 7.92. The molecule has 2 heterocycles. The summed E-state index contributed by atoms with van der Waals surface area (Å²) in [7, 11) is -3.75. The van der Waals surface area contributed by atoms with Crippen LogP contribution in [0.3, 0.4) is 0 Å². The number of fused-ring (bicyclic) bond motifs is 1. The summed E-state index contributed by atoms with van der Waals surface area (Å²) in [4.78, 5) is 14.6. The second-order valence-corrected chi connectivity index (χ2v) is 5.90. The van der Waals surface area contributed by atoms with Crippen molar-refractivity contribution in [2.75, 3.05) is 4.72 Å². The minimum absolute atomic E-state index is 0.0956. The van der Waals surface area contributed by atoms with E-state index in [0.717, 1.165) is 0 Å². The van der Waals surface area contributed by atoms with Crippen LogP contribution in [0.4, 0.5) is 5.95 Å². The first-order valence-corrected chi connectivity index (χ1v) is 7.37. The smallest absolute Gasteiger partial charge is 0.264 e. The van der Waals surface area contributed by atoms with Crippen LogP contribution >= 0.6 is 11.6 Å². The van der Waals surface area contributed by atoms with Gasteiger partial charge in [0, 0.05) is 0 Å². The zero-order chi connectivity index (χ0) is 14.2. The van der Waals surface area contributed by atoms with Crippen molar-refractivity contribution >= 4 is 38.7 Å². The highest BCUT2D eigenvalue weighted by atomic mass is 35.5. The molecule has 2 aromatic heterocycles. The maximum atomic E-state index is 12.1. The van der Waals surface area contributed by atoms with Gasteiger partial charge in [-0.15, -0.1) is 0 Å². The molecule has 102 valence electrons. The van der Waals surface area contributed by atoms with Gasteiger partial charge < -0.3 is 4.98 Å². The summed E-state index contributed by atoms with van der Waals surface area (Å²) in [5.74, 6) is -0.126. The first-order valence-electron chi connectivity index (χ1n) is 5.51. The number of hydrogen-bond acceptors (Lipinski definition) is 5. The SMILES string of the molecule is O=S(=O)(Nc1nc(Cl)c2[nH]cnc2n1)c1ccccc1. The summed E-state index contributed by atoms with van der Waals surface area (Å²) >= 11 is 5.92. The summed E-state index contributed by atoms with van der Waals surface area (Å²) in [5, 5.41) is 0.0956. The number of sulfonamides is 1. The van der Waals surface area contributed by atoms with Crippen LogP contribution in [0.5, 0.6) is 0 Å². The van der Waals surface area contributed by atoms with E-state index in [2.05, 4.69) is 24.7 Å². The molecule has 0 fully saturated rings. The Balaban J connectivity index is 2.01. The second kappa shape index (κ2) is 4.73. The summed E-state index contributed by atoms with van der Waals surface area (Å²) in [6.45, 7) is 0. The lowest BCUT2D eigenvalue weighted by atomic mass is 10.4. The van der Waals surface area contributed by atoms with Crippen LogP contribution < -0.4 is 4.72 Å². The van der Waals surface area contributed by atoms with Crippen LogP contribution in [0.1, 0.15) is 0 Å². The Morgan fingerprint density at radius 1 is 1.15 bits per heavy atom. The monoisotopic (exact) mass is 309 g/mol. The van der Waals surface area contributed by atoms with Crippen molar-refractivity contribution in [2.24, 2.45) is 0 Å². The molecule has 3 rings (SSSR count). The lowest BCUT2D eigenvalue weighted by Gasteiger charge is -2.06. The predicted molar refractivity (Wildman–Crippen MR) is 73.9 cm³/mol. The highest BCUT2D eigenvalue weighted by Gasteiger charge is 2.17. The Morgan fingerprint density at radius 3 is 2.65 bits per heavy atom. The molecule has 0 radical (unpaired) electrons.